The summed E-state index contributed by atoms with van der Waals surface area (Å²) in [4.78, 5) is 26.1. The Balaban J connectivity index is 1.98. The first-order chi connectivity index (χ1) is 10.1. The third-order valence-electron chi connectivity index (χ3n) is 2.38. The van der Waals surface area contributed by atoms with Gasteiger partial charge in [0.2, 0.25) is 0 Å². The number of carbonyl (C=O) groups excluding carboxylic acids is 1. The minimum atomic E-state index is -1.12. The van der Waals surface area contributed by atoms with Crippen molar-refractivity contribution in [1.29, 1.82) is 0 Å². The standard InChI is InChI=1S/C13H14N2O5S/c1-2-20-8-3-4-9-10(5-8)21-13(14-9)15-11(16)6-19-7-12(17)18/h3-5H,2,6-7H2,1H3,(H,17,18)(H,14,15,16). The van der Waals surface area contributed by atoms with E-state index in [0.29, 0.717) is 11.7 Å². The Labute approximate surface area is 124 Å². The molecule has 2 N–H and O–H groups in total. The van der Waals surface area contributed by atoms with Gasteiger partial charge in [0.1, 0.15) is 19.0 Å². The van der Waals surface area contributed by atoms with Crippen LogP contribution in [0.4, 0.5) is 5.13 Å². The van der Waals surface area contributed by atoms with Crippen LogP contribution in [0.5, 0.6) is 5.75 Å². The van der Waals surface area contributed by atoms with Gasteiger partial charge < -0.3 is 14.6 Å². The highest BCUT2D eigenvalue weighted by atomic mass is 32.1. The van der Waals surface area contributed by atoms with Gasteiger partial charge in [-0.3, -0.25) is 10.1 Å². The molecule has 21 heavy (non-hydrogen) atoms. The van der Waals surface area contributed by atoms with Gasteiger partial charge in [0.05, 0.1) is 16.8 Å². The number of amides is 1. The number of hydrogen-bond donors (Lipinski definition) is 2. The van der Waals surface area contributed by atoms with Crippen molar-refractivity contribution >= 4 is 38.6 Å². The molecular weight excluding hydrogens is 296 g/mol. The number of benzene rings is 1. The van der Waals surface area contributed by atoms with Gasteiger partial charge in [-0.1, -0.05) is 11.3 Å². The fourth-order valence-corrected chi connectivity index (χ4v) is 2.51. The summed E-state index contributed by atoms with van der Waals surface area (Å²) in [7, 11) is 0. The van der Waals surface area contributed by atoms with E-state index in [1.165, 1.54) is 11.3 Å². The molecule has 1 heterocycles. The van der Waals surface area contributed by atoms with Crippen molar-refractivity contribution in [2.75, 3.05) is 25.1 Å². The Hall–Kier alpha value is -2.19. The van der Waals surface area contributed by atoms with Crippen LogP contribution in [-0.2, 0) is 14.3 Å². The predicted molar refractivity (Wildman–Crippen MR) is 77.9 cm³/mol. The summed E-state index contributed by atoms with van der Waals surface area (Å²) in [6.07, 6.45) is 0. The van der Waals surface area contributed by atoms with Gasteiger partial charge >= 0.3 is 5.97 Å². The van der Waals surface area contributed by atoms with Crippen molar-refractivity contribution in [3.8, 4) is 5.75 Å². The largest absolute Gasteiger partial charge is 0.494 e. The van der Waals surface area contributed by atoms with E-state index >= 15 is 0 Å². The van der Waals surface area contributed by atoms with Crippen LogP contribution >= 0.6 is 11.3 Å². The molecule has 0 bridgehead atoms. The molecular formula is C13H14N2O5S. The number of carbonyl (C=O) groups is 2. The lowest BCUT2D eigenvalue weighted by Gasteiger charge is -2.00. The van der Waals surface area contributed by atoms with Crippen molar-refractivity contribution in [3.05, 3.63) is 18.2 Å². The molecule has 112 valence electrons. The Kier molecular flexibility index (Phi) is 5.07. The first kappa shape index (κ1) is 15.2. The topological polar surface area (TPSA) is 97.8 Å². The van der Waals surface area contributed by atoms with Crippen LogP contribution in [0.15, 0.2) is 18.2 Å². The third kappa shape index (κ3) is 4.40. The van der Waals surface area contributed by atoms with Gasteiger partial charge in [-0.15, -0.1) is 0 Å². The van der Waals surface area contributed by atoms with Crippen molar-refractivity contribution in [1.82, 2.24) is 4.98 Å². The number of aromatic nitrogens is 1. The van der Waals surface area contributed by atoms with Crippen molar-refractivity contribution in [2.45, 2.75) is 6.92 Å². The molecule has 2 rings (SSSR count). The molecule has 8 heteroatoms. The summed E-state index contributed by atoms with van der Waals surface area (Å²) in [5.41, 5.74) is 0.755. The number of ether oxygens (including phenoxy) is 2. The average Bonchev–Trinajstić information content (AvgIpc) is 2.80. The zero-order valence-electron chi connectivity index (χ0n) is 11.3. The van der Waals surface area contributed by atoms with Gasteiger partial charge in [0.25, 0.3) is 5.91 Å². The van der Waals surface area contributed by atoms with Crippen molar-refractivity contribution in [3.63, 3.8) is 0 Å². The normalized spacial score (nSPS) is 10.5. The summed E-state index contributed by atoms with van der Waals surface area (Å²) in [5, 5.41) is 11.4. The summed E-state index contributed by atoms with van der Waals surface area (Å²) in [5.74, 6) is -0.817. The highest BCUT2D eigenvalue weighted by Crippen LogP contribution is 2.29. The maximum Gasteiger partial charge on any atom is 0.329 e. The highest BCUT2D eigenvalue weighted by molar-refractivity contribution is 7.22. The second-order valence-corrected chi connectivity index (χ2v) is 5.05. The van der Waals surface area contributed by atoms with E-state index in [-0.39, 0.29) is 6.61 Å². The number of anilines is 1. The van der Waals surface area contributed by atoms with Gasteiger partial charge in [-0.2, -0.15) is 0 Å². The van der Waals surface area contributed by atoms with Crippen molar-refractivity contribution in [2.24, 2.45) is 0 Å². The molecule has 7 nitrogen and oxygen atoms in total. The monoisotopic (exact) mass is 310 g/mol. The first-order valence-electron chi connectivity index (χ1n) is 6.21. The Morgan fingerprint density at radius 2 is 2.19 bits per heavy atom. The number of carboxylic acids is 1. The van der Waals surface area contributed by atoms with Crippen LogP contribution in [0.3, 0.4) is 0 Å². The van der Waals surface area contributed by atoms with E-state index in [1.807, 2.05) is 25.1 Å². The summed E-state index contributed by atoms with van der Waals surface area (Å²) >= 11 is 1.31. The van der Waals surface area contributed by atoms with Gasteiger partial charge in [-0.05, 0) is 25.1 Å². The molecule has 0 aliphatic carbocycles. The SMILES string of the molecule is CCOc1ccc2nc(NC(=O)COCC(=O)O)sc2c1. The Bertz CT molecular complexity index is 655. The van der Waals surface area contributed by atoms with E-state index in [0.717, 1.165) is 16.0 Å². The molecule has 0 saturated carbocycles. The summed E-state index contributed by atoms with van der Waals surface area (Å²) in [6, 6.07) is 5.48. The van der Waals surface area contributed by atoms with Crippen LogP contribution in [0.2, 0.25) is 0 Å². The number of hydrogen-bond acceptors (Lipinski definition) is 6. The smallest absolute Gasteiger partial charge is 0.329 e. The van der Waals surface area contributed by atoms with E-state index in [1.54, 1.807) is 0 Å². The summed E-state index contributed by atoms with van der Waals surface area (Å²) < 4.78 is 11.0. The summed E-state index contributed by atoms with van der Waals surface area (Å²) in [6.45, 7) is 1.64. The van der Waals surface area contributed by atoms with Gasteiger partial charge in [-0.25, -0.2) is 9.78 Å². The van der Waals surface area contributed by atoms with Crippen LogP contribution in [0.1, 0.15) is 6.92 Å². The first-order valence-corrected chi connectivity index (χ1v) is 7.03. The third-order valence-corrected chi connectivity index (χ3v) is 3.31. The highest BCUT2D eigenvalue weighted by Gasteiger charge is 2.09. The molecule has 1 amide bonds. The molecule has 0 atom stereocenters. The molecule has 0 saturated heterocycles. The average molecular weight is 310 g/mol. The number of nitrogens with zero attached hydrogens (tertiary/aromatic N) is 1. The van der Waals surface area contributed by atoms with E-state index in [4.69, 9.17) is 14.6 Å². The van der Waals surface area contributed by atoms with Crippen LogP contribution in [0, 0.1) is 0 Å². The van der Waals surface area contributed by atoms with E-state index in [2.05, 4.69) is 10.3 Å². The number of nitrogens with one attached hydrogen (secondary N) is 1. The second-order valence-electron chi connectivity index (χ2n) is 4.02. The second kappa shape index (κ2) is 7.00. The van der Waals surface area contributed by atoms with Crippen LogP contribution < -0.4 is 10.1 Å². The fraction of sp³-hybridized carbons (Fsp3) is 0.308. The van der Waals surface area contributed by atoms with E-state index < -0.39 is 18.5 Å². The molecule has 0 fully saturated rings. The quantitative estimate of drug-likeness (QED) is 0.808. The molecule has 0 aliphatic heterocycles. The molecule has 0 aliphatic rings. The number of thiazole rings is 1. The molecule has 0 spiro atoms. The number of fused-ring (bicyclic) bond motifs is 1. The lowest BCUT2D eigenvalue weighted by atomic mass is 10.3. The lowest BCUT2D eigenvalue weighted by molar-refractivity contribution is -0.143. The Morgan fingerprint density at radius 3 is 2.90 bits per heavy atom. The minimum Gasteiger partial charge on any atom is -0.494 e. The lowest BCUT2D eigenvalue weighted by Crippen LogP contribution is -2.20. The number of carboxylic acid groups (broad SMARTS) is 1. The number of rotatable bonds is 7. The van der Waals surface area contributed by atoms with Gasteiger partial charge in [0, 0.05) is 0 Å². The maximum atomic E-state index is 11.6. The zero-order chi connectivity index (χ0) is 15.2. The van der Waals surface area contributed by atoms with Crippen LogP contribution in [0.25, 0.3) is 10.2 Å². The molecule has 0 unspecified atom stereocenters. The molecule has 0 radical (unpaired) electrons. The van der Waals surface area contributed by atoms with E-state index in [9.17, 15) is 9.59 Å². The minimum absolute atomic E-state index is 0.327. The van der Waals surface area contributed by atoms with Gasteiger partial charge in [0.15, 0.2) is 5.13 Å². The zero-order valence-corrected chi connectivity index (χ0v) is 12.1. The maximum absolute atomic E-state index is 11.6. The molecule has 1 aromatic heterocycles. The van der Waals surface area contributed by atoms with Crippen molar-refractivity contribution < 1.29 is 24.2 Å². The fourth-order valence-electron chi connectivity index (χ4n) is 1.60. The van der Waals surface area contributed by atoms with Crippen LogP contribution in [-0.4, -0.2) is 41.8 Å². The predicted octanol–water partition coefficient (Wildman–Crippen LogP) is 1.73. The molecule has 1 aromatic carbocycles. The number of aliphatic carboxylic acids is 1. The molecule has 2 aromatic rings. The Morgan fingerprint density at radius 1 is 1.38 bits per heavy atom.